The first kappa shape index (κ1) is 15.5. The summed E-state index contributed by atoms with van der Waals surface area (Å²) >= 11 is 0. The van der Waals surface area contributed by atoms with E-state index < -0.39 is 0 Å². The summed E-state index contributed by atoms with van der Waals surface area (Å²) in [6, 6.07) is 2.42. The molecule has 4 N–H and O–H groups in total. The summed E-state index contributed by atoms with van der Waals surface area (Å²) in [5, 5.41) is 4.53. The molecule has 2 aromatic heterocycles. The average molecular weight is 316 g/mol. The van der Waals surface area contributed by atoms with E-state index >= 15 is 0 Å². The molecule has 0 saturated carbocycles. The van der Waals surface area contributed by atoms with Crippen LogP contribution in [0.2, 0.25) is 0 Å². The summed E-state index contributed by atoms with van der Waals surface area (Å²) in [4.78, 5) is 13.2. The predicted molar refractivity (Wildman–Crippen MR) is 92.1 cm³/mol. The van der Waals surface area contributed by atoms with Crippen LogP contribution < -0.4 is 16.4 Å². The topological polar surface area (TPSA) is 102 Å². The van der Waals surface area contributed by atoms with Crippen molar-refractivity contribution in [3.63, 3.8) is 0 Å². The van der Waals surface area contributed by atoms with Gasteiger partial charge in [-0.25, -0.2) is 4.98 Å². The molecule has 0 aromatic carbocycles. The molecule has 0 amide bonds. The van der Waals surface area contributed by atoms with Crippen molar-refractivity contribution in [3.8, 4) is 11.4 Å². The van der Waals surface area contributed by atoms with E-state index in [1.165, 1.54) is 0 Å². The molecule has 1 saturated heterocycles. The van der Waals surface area contributed by atoms with E-state index in [1.807, 2.05) is 24.7 Å². The number of aromatic nitrogens is 4. The van der Waals surface area contributed by atoms with Gasteiger partial charge < -0.3 is 21.3 Å². The Bertz CT molecular complexity index is 703. The molecular formula is C15H24N8. The number of rotatable bonds is 2. The summed E-state index contributed by atoms with van der Waals surface area (Å²) in [5.41, 5.74) is 15.4. The third-order valence-electron chi connectivity index (χ3n) is 4.56. The number of nitrogen functional groups attached to an aromatic ring is 2. The lowest BCUT2D eigenvalue weighted by molar-refractivity contribution is 0.234. The fourth-order valence-electron chi connectivity index (χ4n) is 2.91. The second-order valence-electron chi connectivity index (χ2n) is 6.23. The van der Waals surface area contributed by atoms with Gasteiger partial charge >= 0.3 is 0 Å². The molecule has 1 fully saturated rings. The van der Waals surface area contributed by atoms with Crippen molar-refractivity contribution >= 4 is 17.5 Å². The van der Waals surface area contributed by atoms with E-state index in [2.05, 4.69) is 38.8 Å². The predicted octanol–water partition coefficient (Wildman–Crippen LogP) is 0.490. The summed E-state index contributed by atoms with van der Waals surface area (Å²) in [6.45, 7) is 6.91. The number of nitrogens with two attached hydrogens (primary N) is 2. The van der Waals surface area contributed by atoms with Crippen molar-refractivity contribution in [1.29, 1.82) is 0 Å². The number of aryl methyl sites for hydroxylation is 2. The second kappa shape index (κ2) is 5.69. The van der Waals surface area contributed by atoms with Gasteiger partial charge in [-0.05, 0) is 27.0 Å². The van der Waals surface area contributed by atoms with Crippen LogP contribution in [0.4, 0.5) is 17.5 Å². The molecule has 3 heterocycles. The zero-order valence-electron chi connectivity index (χ0n) is 14.1. The van der Waals surface area contributed by atoms with Gasteiger partial charge in [-0.15, -0.1) is 0 Å². The minimum atomic E-state index is 0.173. The molecule has 1 aliphatic heterocycles. The molecule has 0 bridgehead atoms. The van der Waals surface area contributed by atoms with Gasteiger partial charge in [-0.2, -0.15) is 10.1 Å². The van der Waals surface area contributed by atoms with Crippen LogP contribution >= 0.6 is 0 Å². The van der Waals surface area contributed by atoms with Crippen molar-refractivity contribution in [2.45, 2.75) is 19.9 Å². The standard InChI is InChI=1S/C15H24N8/c1-9-7-11(20-22(9)4)12-13(14(16)19-15(17)18-12)23-6-5-21(3)10(2)8-23/h7,10H,5-6,8H2,1-4H3,(H4,16,17,18,19). The minimum Gasteiger partial charge on any atom is -0.382 e. The maximum absolute atomic E-state index is 6.19. The highest BCUT2D eigenvalue weighted by Crippen LogP contribution is 2.34. The fraction of sp³-hybridized carbons (Fsp3) is 0.533. The van der Waals surface area contributed by atoms with E-state index in [-0.39, 0.29) is 5.95 Å². The molecule has 1 atom stereocenters. The molecule has 0 spiro atoms. The van der Waals surface area contributed by atoms with Crippen LogP contribution in [0.5, 0.6) is 0 Å². The molecule has 2 aromatic rings. The largest absolute Gasteiger partial charge is 0.382 e. The molecule has 124 valence electrons. The zero-order valence-corrected chi connectivity index (χ0v) is 14.1. The number of nitrogens with zero attached hydrogens (tertiary/aromatic N) is 6. The lowest BCUT2D eigenvalue weighted by atomic mass is 10.1. The number of piperazine rings is 1. The van der Waals surface area contributed by atoms with Crippen molar-refractivity contribution in [2.75, 3.05) is 43.0 Å². The SMILES string of the molecule is Cc1cc(-c2nc(N)nc(N)c2N2CCN(C)C(C)C2)nn1C. The maximum atomic E-state index is 6.19. The average Bonchev–Trinajstić information content (AvgIpc) is 2.81. The third kappa shape index (κ3) is 2.81. The van der Waals surface area contributed by atoms with Crippen LogP contribution in [-0.4, -0.2) is 57.4 Å². The summed E-state index contributed by atoms with van der Waals surface area (Å²) in [7, 11) is 4.04. The van der Waals surface area contributed by atoms with Gasteiger partial charge in [-0.3, -0.25) is 4.68 Å². The minimum absolute atomic E-state index is 0.173. The molecule has 0 aliphatic carbocycles. The smallest absolute Gasteiger partial charge is 0.222 e. The quantitative estimate of drug-likeness (QED) is 0.831. The van der Waals surface area contributed by atoms with Gasteiger partial charge in [-0.1, -0.05) is 0 Å². The highest BCUT2D eigenvalue weighted by molar-refractivity contribution is 5.82. The number of anilines is 3. The van der Waals surface area contributed by atoms with Crippen LogP contribution in [0.25, 0.3) is 11.4 Å². The molecule has 0 radical (unpaired) electrons. The fourth-order valence-corrected chi connectivity index (χ4v) is 2.91. The van der Waals surface area contributed by atoms with Crippen LogP contribution in [0.1, 0.15) is 12.6 Å². The van der Waals surface area contributed by atoms with E-state index in [9.17, 15) is 0 Å². The van der Waals surface area contributed by atoms with Crippen LogP contribution in [-0.2, 0) is 7.05 Å². The molecule has 8 nitrogen and oxygen atoms in total. The lowest BCUT2D eigenvalue weighted by Gasteiger charge is -2.39. The Morgan fingerprint density at radius 3 is 2.52 bits per heavy atom. The van der Waals surface area contributed by atoms with E-state index in [1.54, 1.807) is 0 Å². The summed E-state index contributed by atoms with van der Waals surface area (Å²) in [6.07, 6.45) is 0. The first-order valence-electron chi connectivity index (χ1n) is 7.76. The Hall–Kier alpha value is -2.35. The Morgan fingerprint density at radius 2 is 1.91 bits per heavy atom. The number of hydrogen-bond donors (Lipinski definition) is 2. The van der Waals surface area contributed by atoms with Crippen LogP contribution in [0.15, 0.2) is 6.07 Å². The van der Waals surface area contributed by atoms with E-state index in [0.717, 1.165) is 36.7 Å². The summed E-state index contributed by atoms with van der Waals surface area (Å²) < 4.78 is 1.82. The zero-order chi connectivity index (χ0) is 16.7. The van der Waals surface area contributed by atoms with Gasteiger partial charge in [0.05, 0.1) is 0 Å². The third-order valence-corrected chi connectivity index (χ3v) is 4.56. The normalized spacial score (nSPS) is 19.3. The Labute approximate surface area is 136 Å². The Balaban J connectivity index is 2.09. The molecule has 23 heavy (non-hydrogen) atoms. The van der Waals surface area contributed by atoms with Crippen molar-refractivity contribution in [1.82, 2.24) is 24.6 Å². The van der Waals surface area contributed by atoms with Crippen LogP contribution in [0, 0.1) is 6.92 Å². The molecular weight excluding hydrogens is 292 g/mol. The molecule has 3 rings (SSSR count). The van der Waals surface area contributed by atoms with E-state index in [4.69, 9.17) is 11.5 Å². The molecule has 1 aliphatic rings. The Morgan fingerprint density at radius 1 is 1.17 bits per heavy atom. The van der Waals surface area contributed by atoms with Gasteiger partial charge in [0.2, 0.25) is 5.95 Å². The van der Waals surface area contributed by atoms with Crippen LogP contribution in [0.3, 0.4) is 0 Å². The van der Waals surface area contributed by atoms with Crippen molar-refractivity contribution in [3.05, 3.63) is 11.8 Å². The highest BCUT2D eigenvalue weighted by atomic mass is 15.3. The number of hydrogen-bond acceptors (Lipinski definition) is 7. The first-order chi connectivity index (χ1) is 10.9. The monoisotopic (exact) mass is 316 g/mol. The Kier molecular flexibility index (Phi) is 3.85. The lowest BCUT2D eigenvalue weighted by Crippen LogP contribution is -2.50. The molecule has 1 unspecified atom stereocenters. The van der Waals surface area contributed by atoms with Crippen molar-refractivity contribution in [2.24, 2.45) is 7.05 Å². The second-order valence-corrected chi connectivity index (χ2v) is 6.23. The van der Waals surface area contributed by atoms with E-state index in [0.29, 0.717) is 17.6 Å². The van der Waals surface area contributed by atoms with Crippen molar-refractivity contribution < 1.29 is 0 Å². The maximum Gasteiger partial charge on any atom is 0.222 e. The van der Waals surface area contributed by atoms with Gasteiger partial charge in [0.15, 0.2) is 5.82 Å². The summed E-state index contributed by atoms with van der Waals surface area (Å²) in [5.74, 6) is 0.583. The van der Waals surface area contributed by atoms with Gasteiger partial charge in [0.25, 0.3) is 0 Å². The molecule has 8 heteroatoms. The number of likely N-dealkylation sites (N-methyl/N-ethyl adjacent to an activating group) is 1. The van der Waals surface area contributed by atoms with Gasteiger partial charge in [0, 0.05) is 38.4 Å². The van der Waals surface area contributed by atoms with Gasteiger partial charge in [0.1, 0.15) is 17.1 Å². The highest BCUT2D eigenvalue weighted by Gasteiger charge is 2.27. The first-order valence-corrected chi connectivity index (χ1v) is 7.76.